The van der Waals surface area contributed by atoms with Gasteiger partial charge in [-0.2, -0.15) is 0 Å². The van der Waals surface area contributed by atoms with E-state index in [4.69, 9.17) is 5.11 Å². The molecule has 0 bridgehead atoms. The first-order chi connectivity index (χ1) is 12.3. The van der Waals surface area contributed by atoms with E-state index in [2.05, 4.69) is 12.2 Å². The van der Waals surface area contributed by atoms with Crippen LogP contribution in [-0.4, -0.2) is 30.6 Å². The van der Waals surface area contributed by atoms with Gasteiger partial charge in [0.1, 0.15) is 5.78 Å². The van der Waals surface area contributed by atoms with Gasteiger partial charge in [-0.3, -0.25) is 4.79 Å². The molecule has 25 heavy (non-hydrogen) atoms. The van der Waals surface area contributed by atoms with Crippen molar-refractivity contribution in [2.45, 2.75) is 116 Å². The lowest BCUT2D eigenvalue weighted by atomic mass is 10.0. The maximum absolute atomic E-state index is 11.6. The molecule has 0 aromatic rings. The number of carbonyl (C=O) groups is 1. The Kier molecular flexibility index (Phi) is 21.3. The van der Waals surface area contributed by atoms with E-state index in [1.165, 1.54) is 89.9 Å². The summed E-state index contributed by atoms with van der Waals surface area (Å²) in [5, 5.41) is 11.7. The van der Waals surface area contributed by atoms with E-state index in [0.717, 1.165) is 12.8 Å². The summed E-state index contributed by atoms with van der Waals surface area (Å²) in [5.74, 6) is 0.361. The summed E-state index contributed by atoms with van der Waals surface area (Å²) in [6.45, 7) is 3.72. The monoisotopic (exact) mass is 355 g/mol. The Bertz CT molecular complexity index is 269. The molecule has 0 aromatic carbocycles. The zero-order chi connectivity index (χ0) is 18.4. The minimum Gasteiger partial charge on any atom is -0.395 e. The second-order valence-corrected chi connectivity index (χ2v) is 7.46. The normalized spacial score (nSPS) is 11.1. The average Bonchev–Trinajstić information content (AvgIpc) is 2.62. The molecule has 0 aliphatic carbocycles. The van der Waals surface area contributed by atoms with Crippen molar-refractivity contribution in [3.8, 4) is 0 Å². The first-order valence-electron chi connectivity index (χ1n) is 11.1. The van der Waals surface area contributed by atoms with Gasteiger partial charge in [0, 0.05) is 25.9 Å². The predicted octanol–water partition coefficient (Wildman–Crippen LogP) is 5.79. The number of unbranched alkanes of at least 4 members (excludes halogenated alkanes) is 14. The maximum Gasteiger partial charge on any atom is 0.134 e. The van der Waals surface area contributed by atoms with Crippen molar-refractivity contribution in [3.05, 3.63) is 0 Å². The van der Waals surface area contributed by atoms with E-state index >= 15 is 0 Å². The molecule has 0 saturated heterocycles. The molecule has 0 saturated carbocycles. The molecule has 0 fully saturated rings. The fraction of sp³-hybridized carbons (Fsp3) is 0.955. The summed E-state index contributed by atoms with van der Waals surface area (Å²) in [4.78, 5) is 11.6. The number of nitrogens with one attached hydrogen (secondary N) is 1. The van der Waals surface area contributed by atoms with Gasteiger partial charge in [0.15, 0.2) is 0 Å². The summed E-state index contributed by atoms with van der Waals surface area (Å²) < 4.78 is 0. The van der Waals surface area contributed by atoms with Crippen LogP contribution in [0.1, 0.15) is 116 Å². The van der Waals surface area contributed by atoms with E-state index in [-0.39, 0.29) is 6.61 Å². The van der Waals surface area contributed by atoms with Crippen LogP contribution in [0.15, 0.2) is 0 Å². The molecule has 0 amide bonds. The minimum absolute atomic E-state index is 0.146. The Labute approximate surface area is 157 Å². The van der Waals surface area contributed by atoms with Crippen molar-refractivity contribution in [2.24, 2.45) is 0 Å². The molecule has 0 rings (SSSR count). The van der Waals surface area contributed by atoms with Crippen LogP contribution in [0.25, 0.3) is 0 Å². The standard InChI is InChI=1S/C22H45NO2/c1-2-3-4-5-6-7-8-9-10-11-12-13-14-15-16-17-22(25)18-19-23-20-21-24/h23-24H,2-21H2,1H3. The van der Waals surface area contributed by atoms with E-state index in [9.17, 15) is 4.79 Å². The Morgan fingerprint density at radius 1 is 0.640 bits per heavy atom. The highest BCUT2D eigenvalue weighted by Crippen LogP contribution is 2.13. The van der Waals surface area contributed by atoms with Crippen LogP contribution >= 0.6 is 0 Å². The molecular formula is C22H45NO2. The van der Waals surface area contributed by atoms with Gasteiger partial charge in [0.2, 0.25) is 0 Å². The smallest absolute Gasteiger partial charge is 0.134 e. The Balaban J connectivity index is 3.08. The number of aliphatic hydroxyl groups excluding tert-OH is 1. The molecule has 0 aromatic heterocycles. The predicted molar refractivity (Wildman–Crippen MR) is 109 cm³/mol. The Morgan fingerprint density at radius 3 is 1.52 bits per heavy atom. The Hall–Kier alpha value is -0.410. The Morgan fingerprint density at radius 2 is 1.08 bits per heavy atom. The SMILES string of the molecule is CCCCCCCCCCCCCCCCCC(=O)CCNCCO. The summed E-state index contributed by atoms with van der Waals surface area (Å²) in [6, 6.07) is 0. The fourth-order valence-electron chi connectivity index (χ4n) is 3.25. The average molecular weight is 356 g/mol. The van der Waals surface area contributed by atoms with Crippen LogP contribution in [0, 0.1) is 0 Å². The van der Waals surface area contributed by atoms with Crippen LogP contribution in [0.2, 0.25) is 0 Å². The van der Waals surface area contributed by atoms with E-state index in [0.29, 0.717) is 25.3 Å². The van der Waals surface area contributed by atoms with Gasteiger partial charge in [-0.25, -0.2) is 0 Å². The first kappa shape index (κ1) is 24.6. The second kappa shape index (κ2) is 21.6. The van der Waals surface area contributed by atoms with Crippen molar-refractivity contribution in [2.75, 3.05) is 19.7 Å². The van der Waals surface area contributed by atoms with Crippen LogP contribution < -0.4 is 5.32 Å². The fourth-order valence-corrected chi connectivity index (χ4v) is 3.25. The number of rotatable bonds is 21. The molecule has 150 valence electrons. The summed E-state index contributed by atoms with van der Waals surface area (Å²) in [5.41, 5.74) is 0. The highest BCUT2D eigenvalue weighted by Gasteiger charge is 2.01. The molecule has 3 heteroatoms. The lowest BCUT2D eigenvalue weighted by Crippen LogP contribution is -2.21. The van der Waals surface area contributed by atoms with E-state index in [1.54, 1.807) is 0 Å². The second-order valence-electron chi connectivity index (χ2n) is 7.46. The van der Waals surface area contributed by atoms with Gasteiger partial charge >= 0.3 is 0 Å². The highest BCUT2D eigenvalue weighted by molar-refractivity contribution is 5.78. The topological polar surface area (TPSA) is 49.3 Å². The number of ketones is 1. The summed E-state index contributed by atoms with van der Waals surface area (Å²) in [6.07, 6.45) is 21.8. The third kappa shape index (κ3) is 21.5. The van der Waals surface area contributed by atoms with Gasteiger partial charge < -0.3 is 10.4 Å². The number of aliphatic hydroxyl groups is 1. The molecule has 0 heterocycles. The third-order valence-corrected chi connectivity index (χ3v) is 4.93. The van der Waals surface area contributed by atoms with Crippen molar-refractivity contribution < 1.29 is 9.90 Å². The number of hydrogen-bond acceptors (Lipinski definition) is 3. The zero-order valence-corrected chi connectivity index (χ0v) is 17.0. The number of carbonyl (C=O) groups excluding carboxylic acids is 1. The van der Waals surface area contributed by atoms with Crippen LogP contribution in [0.5, 0.6) is 0 Å². The molecule has 0 radical (unpaired) electrons. The number of Topliss-reactive ketones (excluding diaryl/α,β-unsaturated/α-hetero) is 1. The molecule has 2 N–H and O–H groups in total. The number of hydrogen-bond donors (Lipinski definition) is 2. The zero-order valence-electron chi connectivity index (χ0n) is 17.0. The van der Waals surface area contributed by atoms with Gasteiger partial charge in [-0.05, 0) is 6.42 Å². The molecule has 3 nitrogen and oxygen atoms in total. The summed E-state index contributed by atoms with van der Waals surface area (Å²) >= 11 is 0. The third-order valence-electron chi connectivity index (χ3n) is 4.93. The van der Waals surface area contributed by atoms with Crippen LogP contribution in [-0.2, 0) is 4.79 Å². The van der Waals surface area contributed by atoms with Gasteiger partial charge in [0.05, 0.1) is 6.61 Å². The largest absolute Gasteiger partial charge is 0.395 e. The van der Waals surface area contributed by atoms with E-state index < -0.39 is 0 Å². The van der Waals surface area contributed by atoms with Crippen molar-refractivity contribution in [3.63, 3.8) is 0 Å². The molecule has 0 atom stereocenters. The summed E-state index contributed by atoms with van der Waals surface area (Å²) in [7, 11) is 0. The van der Waals surface area contributed by atoms with Gasteiger partial charge in [0.25, 0.3) is 0 Å². The van der Waals surface area contributed by atoms with Gasteiger partial charge in [-0.1, -0.05) is 96.8 Å². The minimum atomic E-state index is 0.146. The lowest BCUT2D eigenvalue weighted by Gasteiger charge is -2.04. The van der Waals surface area contributed by atoms with Crippen molar-refractivity contribution in [1.82, 2.24) is 5.32 Å². The molecule has 0 unspecified atom stereocenters. The molecule has 0 spiro atoms. The van der Waals surface area contributed by atoms with Crippen LogP contribution in [0.4, 0.5) is 0 Å². The quantitative estimate of drug-likeness (QED) is 0.256. The maximum atomic E-state index is 11.6. The molecule has 0 aliphatic heterocycles. The lowest BCUT2D eigenvalue weighted by molar-refractivity contribution is -0.119. The van der Waals surface area contributed by atoms with Gasteiger partial charge in [-0.15, -0.1) is 0 Å². The first-order valence-corrected chi connectivity index (χ1v) is 11.1. The van der Waals surface area contributed by atoms with Crippen molar-refractivity contribution >= 4 is 5.78 Å². The highest BCUT2D eigenvalue weighted by atomic mass is 16.3. The van der Waals surface area contributed by atoms with Crippen LogP contribution in [0.3, 0.4) is 0 Å². The molecule has 0 aliphatic rings. The molecular weight excluding hydrogens is 310 g/mol. The van der Waals surface area contributed by atoms with E-state index in [1.807, 2.05) is 0 Å². The van der Waals surface area contributed by atoms with Crippen molar-refractivity contribution in [1.29, 1.82) is 0 Å².